The lowest BCUT2D eigenvalue weighted by atomic mass is 10.1. The first-order chi connectivity index (χ1) is 8.15. The van der Waals surface area contributed by atoms with Crippen molar-refractivity contribution in [3.63, 3.8) is 0 Å². The van der Waals surface area contributed by atoms with Crippen LogP contribution in [0.15, 0.2) is 30.3 Å². The molecule has 4 heteroatoms. The van der Waals surface area contributed by atoms with Crippen molar-refractivity contribution >= 4 is 5.83 Å². The molecular formula is C13H11F3O. The quantitative estimate of drug-likeness (QED) is 0.579. The largest absolute Gasteiger partial charge is 0.369 e. The molecule has 0 saturated carbocycles. The van der Waals surface area contributed by atoms with Crippen LogP contribution in [-0.2, 0) is 4.74 Å². The third-order valence-electron chi connectivity index (χ3n) is 1.92. The van der Waals surface area contributed by atoms with E-state index in [-0.39, 0.29) is 5.56 Å². The van der Waals surface area contributed by atoms with Crippen LogP contribution in [0.5, 0.6) is 0 Å². The maximum Gasteiger partial charge on any atom is 0.306 e. The lowest BCUT2D eigenvalue weighted by molar-refractivity contribution is 0.182. The van der Waals surface area contributed by atoms with Crippen molar-refractivity contribution in [2.24, 2.45) is 0 Å². The maximum atomic E-state index is 12.8. The second kappa shape index (κ2) is 6.77. The topological polar surface area (TPSA) is 9.23 Å². The van der Waals surface area contributed by atoms with Crippen LogP contribution in [0.2, 0.25) is 0 Å². The van der Waals surface area contributed by atoms with E-state index in [0.29, 0.717) is 18.8 Å². The molecule has 1 aromatic rings. The van der Waals surface area contributed by atoms with Crippen LogP contribution in [0, 0.1) is 11.8 Å². The molecule has 0 unspecified atom stereocenters. The predicted octanol–water partition coefficient (Wildman–Crippen LogP) is 3.61. The predicted molar refractivity (Wildman–Crippen MR) is 60.1 cm³/mol. The zero-order valence-corrected chi connectivity index (χ0v) is 9.27. The molecule has 0 heterocycles. The molecule has 0 spiro atoms. The molecule has 0 aliphatic rings. The number of halogens is 3. The van der Waals surface area contributed by atoms with E-state index in [1.165, 1.54) is 24.3 Å². The highest BCUT2D eigenvalue weighted by Crippen LogP contribution is 2.21. The van der Waals surface area contributed by atoms with Gasteiger partial charge in [0.05, 0.1) is 0 Å². The van der Waals surface area contributed by atoms with Crippen LogP contribution in [0.1, 0.15) is 18.1 Å². The van der Waals surface area contributed by atoms with Crippen LogP contribution in [0.25, 0.3) is 5.83 Å². The van der Waals surface area contributed by atoms with E-state index in [1.807, 2.05) is 6.92 Å². The minimum absolute atomic E-state index is 0.152. The van der Waals surface area contributed by atoms with Gasteiger partial charge in [0, 0.05) is 17.7 Å². The summed E-state index contributed by atoms with van der Waals surface area (Å²) in [6.45, 7) is 2.75. The molecule has 0 atom stereocenters. The van der Waals surface area contributed by atoms with Gasteiger partial charge in [-0.2, -0.15) is 8.78 Å². The van der Waals surface area contributed by atoms with Crippen molar-refractivity contribution in [1.29, 1.82) is 0 Å². The van der Waals surface area contributed by atoms with E-state index in [1.54, 1.807) is 0 Å². The Kier molecular flexibility index (Phi) is 5.31. The van der Waals surface area contributed by atoms with Crippen molar-refractivity contribution in [3.8, 4) is 11.8 Å². The summed E-state index contributed by atoms with van der Waals surface area (Å²) in [6, 6.07) is 5.49. The summed E-state index contributed by atoms with van der Waals surface area (Å²) in [5, 5.41) is 0. The minimum Gasteiger partial charge on any atom is -0.369 e. The Bertz CT molecular complexity index is 448. The smallest absolute Gasteiger partial charge is 0.306 e. The van der Waals surface area contributed by atoms with Crippen LogP contribution in [0.3, 0.4) is 0 Å². The molecule has 0 bridgehead atoms. The summed E-state index contributed by atoms with van der Waals surface area (Å²) in [4.78, 5) is 0. The Balaban J connectivity index is 2.74. The zero-order valence-electron chi connectivity index (χ0n) is 9.27. The molecule has 1 aromatic carbocycles. The van der Waals surface area contributed by atoms with E-state index in [9.17, 15) is 13.2 Å². The summed E-state index contributed by atoms with van der Waals surface area (Å²) in [5.41, 5.74) is 0.473. The lowest BCUT2D eigenvalue weighted by Gasteiger charge is -1.96. The average Bonchev–Trinajstić information content (AvgIpc) is 2.34. The number of benzene rings is 1. The van der Waals surface area contributed by atoms with E-state index >= 15 is 0 Å². The Hall–Kier alpha value is -1.73. The van der Waals surface area contributed by atoms with Gasteiger partial charge in [0.2, 0.25) is 0 Å². The van der Waals surface area contributed by atoms with Crippen molar-refractivity contribution in [2.45, 2.75) is 6.92 Å². The van der Waals surface area contributed by atoms with Crippen LogP contribution >= 0.6 is 0 Å². The first-order valence-corrected chi connectivity index (χ1v) is 5.03. The molecule has 17 heavy (non-hydrogen) atoms. The van der Waals surface area contributed by atoms with Gasteiger partial charge in [-0.25, -0.2) is 4.39 Å². The summed E-state index contributed by atoms with van der Waals surface area (Å²) in [5.74, 6) is 4.02. The van der Waals surface area contributed by atoms with Gasteiger partial charge in [0.25, 0.3) is 0 Å². The van der Waals surface area contributed by atoms with E-state index in [2.05, 4.69) is 11.8 Å². The molecule has 0 radical (unpaired) electrons. The molecule has 0 aromatic heterocycles. The second-order valence-electron chi connectivity index (χ2n) is 3.09. The molecule has 0 saturated heterocycles. The highest BCUT2D eigenvalue weighted by atomic mass is 19.3. The van der Waals surface area contributed by atoms with E-state index in [0.717, 1.165) is 0 Å². The van der Waals surface area contributed by atoms with Gasteiger partial charge in [-0.05, 0) is 19.1 Å². The first-order valence-electron chi connectivity index (χ1n) is 5.03. The third-order valence-corrected chi connectivity index (χ3v) is 1.92. The molecule has 0 amide bonds. The monoisotopic (exact) mass is 240 g/mol. The van der Waals surface area contributed by atoms with Crippen LogP contribution < -0.4 is 0 Å². The second-order valence-corrected chi connectivity index (χ2v) is 3.09. The highest BCUT2D eigenvalue weighted by Gasteiger charge is 2.07. The molecule has 0 aliphatic carbocycles. The van der Waals surface area contributed by atoms with Crippen LogP contribution in [0.4, 0.5) is 13.2 Å². The SMILES string of the molecule is CCOCC#Cc1ccc(C(F)=C(F)F)cc1. The average molecular weight is 240 g/mol. The van der Waals surface area contributed by atoms with Gasteiger partial charge in [-0.1, -0.05) is 24.0 Å². The van der Waals surface area contributed by atoms with Gasteiger partial charge in [0.15, 0.2) is 5.83 Å². The Morgan fingerprint density at radius 3 is 2.35 bits per heavy atom. The fourth-order valence-corrected chi connectivity index (χ4v) is 1.10. The zero-order chi connectivity index (χ0) is 12.7. The molecule has 1 rings (SSSR count). The van der Waals surface area contributed by atoms with Crippen molar-refractivity contribution in [1.82, 2.24) is 0 Å². The van der Waals surface area contributed by atoms with Crippen LogP contribution in [-0.4, -0.2) is 13.2 Å². The highest BCUT2D eigenvalue weighted by molar-refractivity contribution is 5.60. The molecule has 0 fully saturated rings. The number of hydrogen-bond acceptors (Lipinski definition) is 1. The van der Waals surface area contributed by atoms with Gasteiger partial charge in [0.1, 0.15) is 6.61 Å². The Labute approximate surface area is 97.9 Å². The molecule has 90 valence electrons. The standard InChI is InChI=1S/C13H11F3O/c1-2-17-9-3-4-10-5-7-11(8-6-10)12(14)13(15)16/h5-8H,2,9H2,1H3. The van der Waals surface area contributed by atoms with Crippen molar-refractivity contribution in [3.05, 3.63) is 41.5 Å². The third kappa shape index (κ3) is 4.33. The minimum atomic E-state index is -2.32. The molecule has 0 N–H and O–H groups in total. The molecule has 1 nitrogen and oxygen atoms in total. The number of rotatable bonds is 3. The fraction of sp³-hybridized carbons (Fsp3) is 0.231. The maximum absolute atomic E-state index is 12.8. The summed E-state index contributed by atoms with van der Waals surface area (Å²) < 4.78 is 41.7. The Morgan fingerprint density at radius 2 is 1.82 bits per heavy atom. The van der Waals surface area contributed by atoms with Crippen molar-refractivity contribution < 1.29 is 17.9 Å². The number of ether oxygens (including phenoxy) is 1. The normalized spacial score (nSPS) is 9.41. The first kappa shape index (κ1) is 13.3. The summed E-state index contributed by atoms with van der Waals surface area (Å²) in [6.07, 6.45) is -2.32. The van der Waals surface area contributed by atoms with Gasteiger partial charge in [-0.15, -0.1) is 0 Å². The van der Waals surface area contributed by atoms with E-state index in [4.69, 9.17) is 4.74 Å². The van der Waals surface area contributed by atoms with E-state index < -0.39 is 11.9 Å². The van der Waals surface area contributed by atoms with Crippen molar-refractivity contribution in [2.75, 3.05) is 13.2 Å². The van der Waals surface area contributed by atoms with Gasteiger partial charge < -0.3 is 4.74 Å². The summed E-state index contributed by atoms with van der Waals surface area (Å²) in [7, 11) is 0. The summed E-state index contributed by atoms with van der Waals surface area (Å²) >= 11 is 0. The van der Waals surface area contributed by atoms with Gasteiger partial charge >= 0.3 is 6.08 Å². The lowest BCUT2D eigenvalue weighted by Crippen LogP contribution is -1.88. The Morgan fingerprint density at radius 1 is 1.18 bits per heavy atom. The molecular weight excluding hydrogens is 229 g/mol. The van der Waals surface area contributed by atoms with Gasteiger partial charge in [-0.3, -0.25) is 0 Å². The molecule has 0 aliphatic heterocycles. The fourth-order valence-electron chi connectivity index (χ4n) is 1.10. The number of hydrogen-bond donors (Lipinski definition) is 0.